The summed E-state index contributed by atoms with van der Waals surface area (Å²) >= 11 is 0. The lowest BCUT2D eigenvalue weighted by Gasteiger charge is -2.38. The summed E-state index contributed by atoms with van der Waals surface area (Å²) in [4.78, 5) is 37.8. The Hall–Kier alpha value is -2.59. The second kappa shape index (κ2) is 7.20. The van der Waals surface area contributed by atoms with Crippen molar-refractivity contribution in [3.8, 4) is 0 Å². The van der Waals surface area contributed by atoms with Gasteiger partial charge in [0.25, 0.3) is 11.7 Å². The van der Waals surface area contributed by atoms with Gasteiger partial charge in [-0.1, -0.05) is 0 Å². The fraction of sp³-hybridized carbons (Fsp3) is 0.588. The number of rotatable bonds is 6. The van der Waals surface area contributed by atoms with Crippen LogP contribution in [0.4, 0.5) is 4.79 Å². The molecular weight excluding hydrogens is 350 g/mol. The average Bonchev–Trinajstić information content (AvgIpc) is 3.18. The van der Waals surface area contributed by atoms with Crippen LogP contribution in [-0.2, 0) is 16.1 Å². The molecule has 2 aromatic heterocycles. The highest BCUT2D eigenvalue weighted by molar-refractivity contribution is 6.07. The number of ether oxygens (including phenoxy) is 1. The van der Waals surface area contributed by atoms with Gasteiger partial charge in [-0.3, -0.25) is 9.69 Å². The van der Waals surface area contributed by atoms with E-state index in [4.69, 9.17) is 4.74 Å². The Morgan fingerprint density at radius 1 is 1.30 bits per heavy atom. The number of methoxy groups -OCH3 is 1. The molecule has 1 N–H and O–H groups in total. The van der Waals surface area contributed by atoms with Crippen LogP contribution < -0.4 is 5.32 Å². The SMILES string of the molecule is COCCCN1C(=O)N(Cc2nc3ncccn3n2)C(=O)C12CCNCC2. The Labute approximate surface area is 156 Å². The number of imide groups is 1. The fourth-order valence-electron chi connectivity index (χ4n) is 3.91. The van der Waals surface area contributed by atoms with E-state index in [9.17, 15) is 9.59 Å². The molecule has 10 nitrogen and oxygen atoms in total. The number of fused-ring (bicyclic) bond motifs is 1. The van der Waals surface area contributed by atoms with Crippen LogP contribution in [0.2, 0.25) is 0 Å². The third-order valence-electron chi connectivity index (χ3n) is 5.24. The van der Waals surface area contributed by atoms with Gasteiger partial charge in [0, 0.05) is 32.7 Å². The Bertz CT molecular complexity index is 813. The first-order valence-corrected chi connectivity index (χ1v) is 9.15. The van der Waals surface area contributed by atoms with Crippen molar-refractivity contribution >= 4 is 17.7 Å². The molecule has 0 unspecified atom stereocenters. The molecule has 2 aromatic rings. The lowest BCUT2D eigenvalue weighted by Crippen LogP contribution is -2.56. The van der Waals surface area contributed by atoms with Gasteiger partial charge >= 0.3 is 6.03 Å². The summed E-state index contributed by atoms with van der Waals surface area (Å²) in [5.74, 6) is 0.691. The van der Waals surface area contributed by atoms with Gasteiger partial charge in [-0.15, -0.1) is 5.10 Å². The quantitative estimate of drug-likeness (QED) is 0.563. The van der Waals surface area contributed by atoms with Gasteiger partial charge < -0.3 is 15.0 Å². The Morgan fingerprint density at radius 3 is 2.85 bits per heavy atom. The number of nitrogens with zero attached hydrogens (tertiary/aromatic N) is 6. The van der Waals surface area contributed by atoms with Gasteiger partial charge in [-0.25, -0.2) is 14.3 Å². The number of hydrogen-bond donors (Lipinski definition) is 1. The molecule has 2 fully saturated rings. The zero-order valence-corrected chi connectivity index (χ0v) is 15.3. The van der Waals surface area contributed by atoms with Crippen LogP contribution in [0.25, 0.3) is 5.78 Å². The largest absolute Gasteiger partial charge is 0.385 e. The first kappa shape index (κ1) is 17.8. The summed E-state index contributed by atoms with van der Waals surface area (Å²) < 4.78 is 6.66. The highest BCUT2D eigenvalue weighted by Crippen LogP contribution is 2.36. The highest BCUT2D eigenvalue weighted by atomic mass is 16.5. The molecule has 4 rings (SSSR count). The van der Waals surface area contributed by atoms with Crippen molar-refractivity contribution in [2.45, 2.75) is 31.3 Å². The van der Waals surface area contributed by atoms with Crippen LogP contribution in [0.3, 0.4) is 0 Å². The van der Waals surface area contributed by atoms with Crippen LogP contribution in [0.15, 0.2) is 18.5 Å². The zero-order chi connectivity index (χ0) is 18.9. The number of hydrogen-bond acceptors (Lipinski definition) is 7. The summed E-state index contributed by atoms with van der Waals surface area (Å²) in [6.45, 7) is 2.52. The maximum atomic E-state index is 13.3. The predicted octanol–water partition coefficient (Wildman–Crippen LogP) is 0.0472. The topological polar surface area (TPSA) is 105 Å². The van der Waals surface area contributed by atoms with Crippen molar-refractivity contribution in [3.05, 3.63) is 24.3 Å². The van der Waals surface area contributed by atoms with Crippen molar-refractivity contribution in [2.24, 2.45) is 0 Å². The molecule has 2 saturated heterocycles. The third kappa shape index (κ3) is 3.04. The van der Waals surface area contributed by atoms with Crippen molar-refractivity contribution < 1.29 is 14.3 Å². The predicted molar refractivity (Wildman–Crippen MR) is 94.8 cm³/mol. The summed E-state index contributed by atoms with van der Waals surface area (Å²) in [6, 6.07) is 1.48. The zero-order valence-electron chi connectivity index (χ0n) is 15.3. The maximum Gasteiger partial charge on any atom is 0.328 e. The number of piperidine rings is 1. The van der Waals surface area contributed by atoms with Crippen molar-refractivity contribution in [1.29, 1.82) is 0 Å². The molecule has 1 spiro atoms. The molecule has 0 aromatic carbocycles. The van der Waals surface area contributed by atoms with Gasteiger partial charge in [0.15, 0.2) is 5.82 Å². The average molecular weight is 373 g/mol. The highest BCUT2D eigenvalue weighted by Gasteiger charge is 2.57. The second-order valence-electron chi connectivity index (χ2n) is 6.85. The molecule has 2 aliphatic heterocycles. The molecule has 0 aliphatic carbocycles. The minimum Gasteiger partial charge on any atom is -0.385 e. The Balaban J connectivity index is 1.60. The number of carbonyl (C=O) groups excluding carboxylic acids is 2. The van der Waals surface area contributed by atoms with E-state index in [0.29, 0.717) is 57.1 Å². The number of carbonyl (C=O) groups is 2. The molecule has 27 heavy (non-hydrogen) atoms. The number of urea groups is 1. The normalized spacial score (nSPS) is 19.6. The molecule has 0 atom stereocenters. The molecule has 3 amide bonds. The molecule has 144 valence electrons. The second-order valence-corrected chi connectivity index (χ2v) is 6.85. The third-order valence-corrected chi connectivity index (χ3v) is 5.24. The number of amides is 3. The molecule has 0 bridgehead atoms. The van der Waals surface area contributed by atoms with Crippen LogP contribution in [0.1, 0.15) is 25.1 Å². The lowest BCUT2D eigenvalue weighted by atomic mass is 9.86. The number of nitrogens with one attached hydrogen (secondary N) is 1. The van der Waals surface area contributed by atoms with Gasteiger partial charge in [-0.05, 0) is 38.4 Å². The summed E-state index contributed by atoms with van der Waals surface area (Å²) in [6.07, 6.45) is 5.27. The summed E-state index contributed by atoms with van der Waals surface area (Å²) in [5, 5.41) is 7.60. The van der Waals surface area contributed by atoms with Gasteiger partial charge in [0.1, 0.15) is 5.54 Å². The molecule has 0 radical (unpaired) electrons. The molecule has 4 heterocycles. The van der Waals surface area contributed by atoms with E-state index in [2.05, 4.69) is 20.4 Å². The summed E-state index contributed by atoms with van der Waals surface area (Å²) in [7, 11) is 1.63. The van der Waals surface area contributed by atoms with Crippen molar-refractivity contribution in [3.63, 3.8) is 0 Å². The van der Waals surface area contributed by atoms with E-state index in [1.54, 1.807) is 30.5 Å². The minimum absolute atomic E-state index is 0.0526. The fourth-order valence-corrected chi connectivity index (χ4v) is 3.91. The molecule has 0 saturated carbocycles. The first-order valence-electron chi connectivity index (χ1n) is 9.15. The number of aromatic nitrogens is 4. The smallest absolute Gasteiger partial charge is 0.328 e. The molecule has 10 heteroatoms. The van der Waals surface area contributed by atoms with E-state index in [1.807, 2.05) is 0 Å². The minimum atomic E-state index is -0.770. The van der Waals surface area contributed by atoms with Crippen LogP contribution >= 0.6 is 0 Å². The van der Waals surface area contributed by atoms with Crippen LogP contribution in [0.5, 0.6) is 0 Å². The van der Waals surface area contributed by atoms with Gasteiger partial charge in [0.2, 0.25) is 0 Å². The van der Waals surface area contributed by atoms with E-state index in [0.717, 1.165) is 0 Å². The van der Waals surface area contributed by atoms with E-state index < -0.39 is 5.54 Å². The van der Waals surface area contributed by atoms with Crippen molar-refractivity contribution in [1.82, 2.24) is 34.7 Å². The monoisotopic (exact) mass is 373 g/mol. The lowest BCUT2D eigenvalue weighted by molar-refractivity contribution is -0.135. The maximum absolute atomic E-state index is 13.3. The van der Waals surface area contributed by atoms with Gasteiger partial charge in [0.05, 0.1) is 6.54 Å². The Morgan fingerprint density at radius 2 is 2.11 bits per heavy atom. The van der Waals surface area contributed by atoms with Gasteiger partial charge in [-0.2, -0.15) is 4.98 Å². The Kier molecular flexibility index (Phi) is 4.75. The van der Waals surface area contributed by atoms with Crippen molar-refractivity contribution in [2.75, 3.05) is 33.4 Å². The van der Waals surface area contributed by atoms with E-state index in [-0.39, 0.29) is 18.5 Å². The van der Waals surface area contributed by atoms with E-state index >= 15 is 0 Å². The first-order chi connectivity index (χ1) is 13.2. The standard InChI is InChI=1S/C17H23N7O3/c1-27-11-3-9-23-16(26)22(14(25)17(23)4-7-18-8-5-17)12-13-20-15-19-6-2-10-24(15)21-13/h2,6,10,18H,3-5,7-9,11-12H2,1H3. The van der Waals surface area contributed by atoms with E-state index in [1.165, 1.54) is 9.42 Å². The summed E-state index contributed by atoms with van der Waals surface area (Å²) in [5.41, 5.74) is -0.770. The molecular formula is C17H23N7O3. The molecule has 2 aliphatic rings. The van der Waals surface area contributed by atoms with Crippen LogP contribution in [-0.4, -0.2) is 80.2 Å². The van der Waals surface area contributed by atoms with Crippen LogP contribution in [0, 0.1) is 0 Å².